The molecule has 0 saturated carbocycles. The first kappa shape index (κ1) is 17.5. The van der Waals surface area contributed by atoms with E-state index in [1.807, 2.05) is 50.8 Å². The van der Waals surface area contributed by atoms with Gasteiger partial charge in [-0.1, -0.05) is 26.0 Å². The van der Waals surface area contributed by atoms with E-state index in [-0.39, 0.29) is 17.7 Å². The largest absolute Gasteiger partial charge is 0.340 e. The third-order valence-electron chi connectivity index (χ3n) is 4.42. The van der Waals surface area contributed by atoms with Crippen molar-refractivity contribution in [1.82, 2.24) is 9.80 Å². The van der Waals surface area contributed by atoms with Gasteiger partial charge < -0.3 is 10.2 Å². The molecule has 5 nitrogen and oxygen atoms in total. The number of amides is 2. The molecule has 0 bridgehead atoms. The highest BCUT2D eigenvalue weighted by atomic mass is 16.2. The van der Waals surface area contributed by atoms with Crippen LogP contribution in [-0.4, -0.2) is 54.3 Å². The molecule has 1 aliphatic rings. The van der Waals surface area contributed by atoms with E-state index in [2.05, 4.69) is 10.2 Å². The number of hydrogen-bond donors (Lipinski definition) is 1. The van der Waals surface area contributed by atoms with E-state index < -0.39 is 0 Å². The lowest BCUT2D eigenvalue weighted by atomic mass is 10.1. The highest BCUT2D eigenvalue weighted by molar-refractivity contribution is 5.93. The number of carbonyl (C=O) groups is 2. The Morgan fingerprint density at radius 1 is 1.13 bits per heavy atom. The highest BCUT2D eigenvalue weighted by Gasteiger charge is 2.23. The van der Waals surface area contributed by atoms with E-state index in [1.165, 1.54) is 5.56 Å². The Morgan fingerprint density at radius 2 is 1.78 bits per heavy atom. The first-order chi connectivity index (χ1) is 10.9. The number of piperazine rings is 1. The van der Waals surface area contributed by atoms with Gasteiger partial charge in [0.25, 0.3) is 0 Å². The van der Waals surface area contributed by atoms with Crippen molar-refractivity contribution in [3.05, 3.63) is 29.3 Å². The molecular formula is C18H27N3O2. The third kappa shape index (κ3) is 4.55. The minimum absolute atomic E-state index is 0.00216. The minimum Gasteiger partial charge on any atom is -0.340 e. The topological polar surface area (TPSA) is 52.7 Å². The molecule has 1 heterocycles. The summed E-state index contributed by atoms with van der Waals surface area (Å²) in [5.41, 5.74) is 3.15. The van der Waals surface area contributed by atoms with Gasteiger partial charge in [-0.05, 0) is 31.0 Å². The fraction of sp³-hybridized carbons (Fsp3) is 0.556. The zero-order chi connectivity index (χ0) is 17.0. The molecule has 1 aromatic carbocycles. The lowest BCUT2D eigenvalue weighted by Crippen LogP contribution is -2.51. The Labute approximate surface area is 138 Å². The molecular weight excluding hydrogens is 290 g/mol. The van der Waals surface area contributed by atoms with Gasteiger partial charge in [0.1, 0.15) is 0 Å². The molecule has 1 N–H and O–H groups in total. The summed E-state index contributed by atoms with van der Waals surface area (Å²) in [5, 5.41) is 2.99. The monoisotopic (exact) mass is 317 g/mol. The van der Waals surface area contributed by atoms with Gasteiger partial charge in [0.15, 0.2) is 0 Å². The Balaban J connectivity index is 1.83. The fourth-order valence-corrected chi connectivity index (χ4v) is 2.77. The van der Waals surface area contributed by atoms with Crippen molar-refractivity contribution in [2.24, 2.45) is 5.92 Å². The minimum atomic E-state index is 0.00216. The molecule has 2 rings (SSSR count). The molecule has 0 aliphatic carbocycles. The summed E-state index contributed by atoms with van der Waals surface area (Å²) in [5.74, 6) is 0.237. The second kappa shape index (κ2) is 7.59. The Hall–Kier alpha value is -1.88. The standard InChI is InChI=1S/C18H27N3O2/c1-13(2)18(23)21-10-8-20(9-11-21)12-17(22)19-16-7-5-6-14(3)15(16)4/h5-7,13H,8-12H2,1-4H3,(H,19,22). The number of benzene rings is 1. The Bertz CT molecular complexity index is 576. The van der Waals surface area contributed by atoms with Crippen molar-refractivity contribution < 1.29 is 9.59 Å². The van der Waals surface area contributed by atoms with Gasteiger partial charge in [-0.3, -0.25) is 14.5 Å². The van der Waals surface area contributed by atoms with Crippen molar-refractivity contribution in [1.29, 1.82) is 0 Å². The summed E-state index contributed by atoms with van der Waals surface area (Å²) in [6, 6.07) is 5.92. The van der Waals surface area contributed by atoms with Gasteiger partial charge in [-0.15, -0.1) is 0 Å². The zero-order valence-electron chi connectivity index (χ0n) is 14.6. The maximum atomic E-state index is 12.2. The number of nitrogens with one attached hydrogen (secondary N) is 1. The molecule has 2 amide bonds. The first-order valence-electron chi connectivity index (χ1n) is 8.25. The van der Waals surface area contributed by atoms with E-state index in [0.29, 0.717) is 19.6 Å². The maximum absolute atomic E-state index is 12.2. The van der Waals surface area contributed by atoms with Crippen LogP contribution in [0.3, 0.4) is 0 Å². The molecule has 1 saturated heterocycles. The van der Waals surface area contributed by atoms with Crippen molar-refractivity contribution in [3.63, 3.8) is 0 Å². The molecule has 0 atom stereocenters. The van der Waals surface area contributed by atoms with Crippen LogP contribution >= 0.6 is 0 Å². The van der Waals surface area contributed by atoms with E-state index >= 15 is 0 Å². The van der Waals surface area contributed by atoms with Gasteiger partial charge in [-0.25, -0.2) is 0 Å². The van der Waals surface area contributed by atoms with Gasteiger partial charge in [-0.2, -0.15) is 0 Å². The van der Waals surface area contributed by atoms with Gasteiger partial charge >= 0.3 is 0 Å². The predicted molar refractivity (Wildman–Crippen MR) is 92.4 cm³/mol. The van der Waals surface area contributed by atoms with E-state index in [0.717, 1.165) is 24.3 Å². The number of hydrogen-bond acceptors (Lipinski definition) is 3. The molecule has 0 aromatic heterocycles. The molecule has 126 valence electrons. The molecule has 0 unspecified atom stereocenters. The van der Waals surface area contributed by atoms with Crippen LogP contribution in [0.5, 0.6) is 0 Å². The summed E-state index contributed by atoms with van der Waals surface area (Å²) >= 11 is 0. The van der Waals surface area contributed by atoms with E-state index in [4.69, 9.17) is 0 Å². The predicted octanol–water partition coefficient (Wildman–Crippen LogP) is 2.04. The first-order valence-corrected chi connectivity index (χ1v) is 8.25. The van der Waals surface area contributed by atoms with Gasteiger partial charge in [0.2, 0.25) is 11.8 Å². The van der Waals surface area contributed by atoms with Crippen LogP contribution in [0.1, 0.15) is 25.0 Å². The van der Waals surface area contributed by atoms with Crippen LogP contribution in [0.2, 0.25) is 0 Å². The second-order valence-electron chi connectivity index (χ2n) is 6.55. The number of anilines is 1. The van der Waals surface area contributed by atoms with Crippen molar-refractivity contribution >= 4 is 17.5 Å². The molecule has 1 aliphatic heterocycles. The second-order valence-corrected chi connectivity index (χ2v) is 6.55. The molecule has 5 heteroatoms. The zero-order valence-corrected chi connectivity index (χ0v) is 14.6. The number of rotatable bonds is 4. The van der Waals surface area contributed by atoms with Crippen LogP contribution in [0.25, 0.3) is 0 Å². The van der Waals surface area contributed by atoms with Crippen molar-refractivity contribution in [3.8, 4) is 0 Å². The quantitative estimate of drug-likeness (QED) is 0.924. The summed E-state index contributed by atoms with van der Waals surface area (Å²) in [6.45, 7) is 11.2. The van der Waals surface area contributed by atoms with E-state index in [9.17, 15) is 9.59 Å². The fourth-order valence-electron chi connectivity index (χ4n) is 2.77. The highest BCUT2D eigenvalue weighted by Crippen LogP contribution is 2.18. The SMILES string of the molecule is Cc1cccc(NC(=O)CN2CCN(C(=O)C(C)C)CC2)c1C. The van der Waals surface area contributed by atoms with Crippen LogP contribution in [0.4, 0.5) is 5.69 Å². The lowest BCUT2D eigenvalue weighted by Gasteiger charge is -2.35. The Morgan fingerprint density at radius 3 is 2.39 bits per heavy atom. The Kier molecular flexibility index (Phi) is 5.77. The van der Waals surface area contributed by atoms with E-state index in [1.54, 1.807) is 0 Å². The molecule has 1 aromatic rings. The molecule has 0 radical (unpaired) electrons. The van der Waals surface area contributed by atoms with Crippen molar-refractivity contribution in [2.75, 3.05) is 38.0 Å². The summed E-state index contributed by atoms with van der Waals surface area (Å²) in [4.78, 5) is 28.2. The average molecular weight is 317 g/mol. The van der Waals surface area contributed by atoms with Gasteiger partial charge in [0, 0.05) is 37.8 Å². The van der Waals surface area contributed by atoms with Crippen LogP contribution in [0.15, 0.2) is 18.2 Å². The number of aryl methyl sites for hydroxylation is 1. The smallest absolute Gasteiger partial charge is 0.238 e. The normalized spacial score (nSPS) is 15.8. The van der Waals surface area contributed by atoms with Crippen LogP contribution in [0, 0.1) is 19.8 Å². The summed E-state index contributed by atoms with van der Waals surface area (Å²) < 4.78 is 0. The molecule has 0 spiro atoms. The number of nitrogens with zero attached hydrogens (tertiary/aromatic N) is 2. The van der Waals surface area contributed by atoms with Gasteiger partial charge in [0.05, 0.1) is 6.54 Å². The van der Waals surface area contributed by atoms with Crippen LogP contribution in [-0.2, 0) is 9.59 Å². The lowest BCUT2D eigenvalue weighted by molar-refractivity contribution is -0.136. The maximum Gasteiger partial charge on any atom is 0.238 e. The summed E-state index contributed by atoms with van der Waals surface area (Å²) in [7, 11) is 0. The molecule has 1 fully saturated rings. The molecule has 23 heavy (non-hydrogen) atoms. The number of carbonyl (C=O) groups excluding carboxylic acids is 2. The summed E-state index contributed by atoms with van der Waals surface area (Å²) in [6.07, 6.45) is 0. The third-order valence-corrected chi connectivity index (χ3v) is 4.42. The van der Waals surface area contributed by atoms with Crippen molar-refractivity contribution in [2.45, 2.75) is 27.7 Å². The van der Waals surface area contributed by atoms with Crippen LogP contribution < -0.4 is 5.32 Å². The average Bonchev–Trinajstić information content (AvgIpc) is 2.52.